The van der Waals surface area contributed by atoms with Gasteiger partial charge in [-0.25, -0.2) is 4.39 Å². The summed E-state index contributed by atoms with van der Waals surface area (Å²) in [5.74, 6) is -0.512. The zero-order valence-electron chi connectivity index (χ0n) is 9.99. The van der Waals surface area contributed by atoms with Crippen molar-refractivity contribution in [1.82, 2.24) is 0 Å². The lowest BCUT2D eigenvalue weighted by Gasteiger charge is -2.08. The van der Waals surface area contributed by atoms with Gasteiger partial charge in [0.1, 0.15) is 5.82 Å². The topological polar surface area (TPSA) is 55.1 Å². The largest absolute Gasteiger partial charge is 0.397 e. The highest BCUT2D eigenvalue weighted by Gasteiger charge is 2.07. The van der Waals surface area contributed by atoms with Crippen LogP contribution in [0.2, 0.25) is 0 Å². The number of benzene rings is 2. The van der Waals surface area contributed by atoms with Crippen molar-refractivity contribution in [2.45, 2.75) is 6.42 Å². The van der Waals surface area contributed by atoms with Crippen molar-refractivity contribution in [2.75, 3.05) is 11.1 Å². The number of nitrogens with one attached hydrogen (secondary N) is 1. The lowest BCUT2D eigenvalue weighted by molar-refractivity contribution is -0.115. The predicted octanol–water partition coefficient (Wildman–Crippen LogP) is 3.35. The molecule has 0 radical (unpaired) electrons. The Morgan fingerprint density at radius 2 is 1.89 bits per heavy atom. The highest BCUT2D eigenvalue weighted by Crippen LogP contribution is 2.23. The molecule has 5 heteroatoms. The number of hydrogen-bond acceptors (Lipinski definition) is 2. The third kappa shape index (κ3) is 3.79. The fourth-order valence-corrected chi connectivity index (χ4v) is 2.01. The molecule has 0 spiro atoms. The molecule has 2 aromatic carbocycles. The Labute approximate surface area is 118 Å². The van der Waals surface area contributed by atoms with E-state index in [1.54, 1.807) is 30.3 Å². The van der Waals surface area contributed by atoms with E-state index < -0.39 is 0 Å². The zero-order chi connectivity index (χ0) is 13.8. The highest BCUT2D eigenvalue weighted by atomic mass is 79.9. The first-order chi connectivity index (χ1) is 9.04. The molecule has 0 fully saturated rings. The van der Waals surface area contributed by atoms with Gasteiger partial charge in [0, 0.05) is 4.47 Å². The molecular weight excluding hydrogens is 311 g/mol. The van der Waals surface area contributed by atoms with Gasteiger partial charge in [0.25, 0.3) is 0 Å². The summed E-state index contributed by atoms with van der Waals surface area (Å²) in [6.07, 6.45) is 0.176. The van der Waals surface area contributed by atoms with E-state index in [1.807, 2.05) is 0 Å². The Balaban J connectivity index is 2.03. The normalized spacial score (nSPS) is 10.2. The first-order valence-electron chi connectivity index (χ1n) is 5.64. The Hall–Kier alpha value is -1.88. The summed E-state index contributed by atoms with van der Waals surface area (Å²) in [7, 11) is 0. The van der Waals surface area contributed by atoms with Gasteiger partial charge in [0.2, 0.25) is 5.91 Å². The van der Waals surface area contributed by atoms with Crippen LogP contribution in [0.4, 0.5) is 15.8 Å². The smallest absolute Gasteiger partial charge is 0.228 e. The van der Waals surface area contributed by atoms with Crippen LogP contribution < -0.4 is 11.1 Å². The number of amides is 1. The third-order valence-electron chi connectivity index (χ3n) is 2.57. The minimum Gasteiger partial charge on any atom is -0.397 e. The van der Waals surface area contributed by atoms with Gasteiger partial charge in [-0.15, -0.1) is 0 Å². The number of halogens is 2. The van der Waals surface area contributed by atoms with Crippen LogP contribution in [0.25, 0.3) is 0 Å². The molecule has 19 heavy (non-hydrogen) atoms. The molecule has 2 rings (SSSR count). The Morgan fingerprint density at radius 3 is 2.53 bits per heavy atom. The molecule has 0 atom stereocenters. The van der Waals surface area contributed by atoms with Crippen LogP contribution in [0.3, 0.4) is 0 Å². The molecule has 2 aromatic rings. The maximum absolute atomic E-state index is 12.7. The van der Waals surface area contributed by atoms with Crippen LogP contribution in [0.15, 0.2) is 46.9 Å². The lowest BCUT2D eigenvalue weighted by atomic mass is 10.1. The van der Waals surface area contributed by atoms with Crippen molar-refractivity contribution in [3.63, 3.8) is 0 Å². The average molecular weight is 323 g/mol. The van der Waals surface area contributed by atoms with Crippen LogP contribution in [0.1, 0.15) is 5.56 Å². The number of carbonyl (C=O) groups excluding carboxylic acids is 1. The Kier molecular flexibility index (Phi) is 4.16. The predicted molar refractivity (Wildman–Crippen MR) is 77.3 cm³/mol. The van der Waals surface area contributed by atoms with Gasteiger partial charge >= 0.3 is 0 Å². The van der Waals surface area contributed by atoms with Gasteiger partial charge in [0.15, 0.2) is 0 Å². The third-order valence-corrected chi connectivity index (χ3v) is 3.06. The van der Waals surface area contributed by atoms with Crippen molar-refractivity contribution in [2.24, 2.45) is 0 Å². The number of nitrogen functional groups attached to an aromatic ring is 1. The summed E-state index contributed by atoms with van der Waals surface area (Å²) in [4.78, 5) is 11.8. The van der Waals surface area contributed by atoms with Crippen LogP contribution in [-0.2, 0) is 11.2 Å². The molecule has 0 unspecified atom stereocenters. The summed E-state index contributed by atoms with van der Waals surface area (Å²) in [5, 5.41) is 2.72. The molecular formula is C14H12BrFN2O. The maximum Gasteiger partial charge on any atom is 0.228 e. The van der Waals surface area contributed by atoms with Crippen LogP contribution in [0, 0.1) is 5.82 Å². The zero-order valence-corrected chi connectivity index (χ0v) is 11.6. The van der Waals surface area contributed by atoms with Gasteiger partial charge in [0.05, 0.1) is 17.8 Å². The molecule has 0 saturated carbocycles. The standard InChI is InChI=1S/C14H12BrFN2O/c15-10-3-6-13(12(17)8-10)18-14(19)7-9-1-4-11(16)5-2-9/h1-6,8H,7,17H2,(H,18,19). The number of hydrogen-bond donors (Lipinski definition) is 2. The fourth-order valence-electron chi connectivity index (χ4n) is 1.63. The van der Waals surface area contributed by atoms with E-state index in [9.17, 15) is 9.18 Å². The molecule has 0 heterocycles. The van der Waals surface area contributed by atoms with E-state index in [0.29, 0.717) is 11.4 Å². The second kappa shape index (κ2) is 5.84. The molecule has 3 N–H and O–H groups in total. The lowest BCUT2D eigenvalue weighted by Crippen LogP contribution is -2.15. The van der Waals surface area contributed by atoms with E-state index in [-0.39, 0.29) is 18.1 Å². The van der Waals surface area contributed by atoms with Crippen molar-refractivity contribution in [3.05, 3.63) is 58.3 Å². The molecule has 0 saturated heterocycles. The second-order valence-corrected chi connectivity index (χ2v) is 5.00. The van der Waals surface area contributed by atoms with Gasteiger partial charge < -0.3 is 11.1 Å². The SMILES string of the molecule is Nc1cc(Br)ccc1NC(=O)Cc1ccc(F)cc1. The van der Waals surface area contributed by atoms with Crippen LogP contribution in [0.5, 0.6) is 0 Å². The first kappa shape index (κ1) is 13.5. The number of rotatable bonds is 3. The Morgan fingerprint density at radius 1 is 1.21 bits per heavy atom. The minimum absolute atomic E-state index is 0.176. The van der Waals surface area contributed by atoms with E-state index in [1.165, 1.54) is 12.1 Å². The summed E-state index contributed by atoms with van der Waals surface area (Å²) >= 11 is 3.29. The molecule has 98 valence electrons. The first-order valence-corrected chi connectivity index (χ1v) is 6.43. The molecule has 0 aliphatic heterocycles. The van der Waals surface area contributed by atoms with Gasteiger partial charge in [-0.1, -0.05) is 28.1 Å². The molecule has 3 nitrogen and oxygen atoms in total. The van der Waals surface area contributed by atoms with Crippen molar-refractivity contribution >= 4 is 33.2 Å². The van der Waals surface area contributed by atoms with Gasteiger partial charge in [-0.05, 0) is 35.9 Å². The van der Waals surface area contributed by atoms with Crippen molar-refractivity contribution < 1.29 is 9.18 Å². The monoisotopic (exact) mass is 322 g/mol. The van der Waals surface area contributed by atoms with E-state index >= 15 is 0 Å². The summed E-state index contributed by atoms with van der Waals surface area (Å²) in [6, 6.07) is 11.1. The maximum atomic E-state index is 12.7. The highest BCUT2D eigenvalue weighted by molar-refractivity contribution is 9.10. The summed E-state index contributed by atoms with van der Waals surface area (Å²) in [5.41, 5.74) is 7.59. The molecule has 0 bridgehead atoms. The summed E-state index contributed by atoms with van der Waals surface area (Å²) < 4.78 is 13.6. The quantitative estimate of drug-likeness (QED) is 0.851. The average Bonchev–Trinajstić information content (AvgIpc) is 2.36. The molecule has 0 aromatic heterocycles. The van der Waals surface area contributed by atoms with E-state index in [2.05, 4.69) is 21.2 Å². The minimum atomic E-state index is -0.318. The molecule has 1 amide bonds. The number of anilines is 2. The molecule has 0 aliphatic carbocycles. The van der Waals surface area contributed by atoms with E-state index in [0.717, 1.165) is 10.0 Å². The van der Waals surface area contributed by atoms with Gasteiger partial charge in [-0.3, -0.25) is 4.79 Å². The fraction of sp³-hybridized carbons (Fsp3) is 0.0714. The van der Waals surface area contributed by atoms with Crippen LogP contribution in [-0.4, -0.2) is 5.91 Å². The summed E-state index contributed by atoms with van der Waals surface area (Å²) in [6.45, 7) is 0. The van der Waals surface area contributed by atoms with Crippen molar-refractivity contribution in [3.8, 4) is 0 Å². The van der Waals surface area contributed by atoms with Crippen LogP contribution >= 0.6 is 15.9 Å². The molecule has 0 aliphatic rings. The second-order valence-electron chi connectivity index (χ2n) is 4.08. The number of nitrogens with two attached hydrogens (primary N) is 1. The van der Waals surface area contributed by atoms with Crippen molar-refractivity contribution in [1.29, 1.82) is 0 Å². The number of carbonyl (C=O) groups is 1. The van der Waals surface area contributed by atoms with E-state index in [4.69, 9.17) is 5.73 Å². The Bertz CT molecular complexity index is 599. The van der Waals surface area contributed by atoms with Gasteiger partial charge in [-0.2, -0.15) is 0 Å².